The molecule has 0 radical (unpaired) electrons. The fourth-order valence-electron chi connectivity index (χ4n) is 5.11. The highest BCUT2D eigenvalue weighted by Crippen LogP contribution is 2.37. The fraction of sp³-hybridized carbons (Fsp3) is 0.233. The minimum absolute atomic E-state index is 0.0502. The van der Waals surface area contributed by atoms with Crippen LogP contribution in [0.25, 0.3) is 21.8 Å². The molecule has 0 amide bonds. The van der Waals surface area contributed by atoms with Crippen molar-refractivity contribution in [2.24, 2.45) is 11.1 Å². The van der Waals surface area contributed by atoms with Crippen LogP contribution in [-0.4, -0.2) is 29.1 Å². The lowest BCUT2D eigenvalue weighted by Gasteiger charge is -2.25. The maximum Gasteiger partial charge on any atom is 0.331 e. The lowest BCUT2D eigenvalue weighted by atomic mass is 9.81. The van der Waals surface area contributed by atoms with Gasteiger partial charge in [-0.15, -0.1) is 0 Å². The van der Waals surface area contributed by atoms with Crippen LogP contribution in [0.15, 0.2) is 88.8 Å². The fourth-order valence-corrected chi connectivity index (χ4v) is 5.11. The summed E-state index contributed by atoms with van der Waals surface area (Å²) in [6.07, 6.45) is 11.0. The highest BCUT2D eigenvalue weighted by molar-refractivity contribution is 6.17. The molecule has 0 saturated carbocycles. The number of carbonyl (C=O) groups is 2. The van der Waals surface area contributed by atoms with Gasteiger partial charge in [-0.1, -0.05) is 35.5 Å². The van der Waals surface area contributed by atoms with Gasteiger partial charge < -0.3 is 14.1 Å². The summed E-state index contributed by atoms with van der Waals surface area (Å²) in [5.74, 6) is 0.294. The van der Waals surface area contributed by atoms with Gasteiger partial charge in [-0.2, -0.15) is 0 Å². The zero-order chi connectivity index (χ0) is 25.4. The third-order valence-corrected chi connectivity index (χ3v) is 6.84. The van der Waals surface area contributed by atoms with Gasteiger partial charge in [0.1, 0.15) is 5.76 Å². The summed E-state index contributed by atoms with van der Waals surface area (Å²) in [7, 11) is 1.61. The Hall–Kier alpha value is -4.19. The van der Waals surface area contributed by atoms with E-state index in [2.05, 4.69) is 22.7 Å². The van der Waals surface area contributed by atoms with Gasteiger partial charge in [0.05, 0.1) is 18.4 Å². The van der Waals surface area contributed by atoms with Crippen molar-refractivity contribution in [2.45, 2.75) is 33.7 Å². The van der Waals surface area contributed by atoms with Gasteiger partial charge in [0.2, 0.25) is 0 Å². The van der Waals surface area contributed by atoms with Crippen molar-refractivity contribution in [3.63, 3.8) is 0 Å². The van der Waals surface area contributed by atoms with Gasteiger partial charge in [0.25, 0.3) is 0 Å². The predicted molar refractivity (Wildman–Crippen MR) is 142 cm³/mol. The average molecular weight is 481 g/mol. The van der Waals surface area contributed by atoms with Gasteiger partial charge in [0, 0.05) is 46.8 Å². The minimum Gasteiger partial charge on any atom is -0.496 e. The molecule has 2 aliphatic carbocycles. The van der Waals surface area contributed by atoms with Gasteiger partial charge in [-0.3, -0.25) is 4.79 Å². The van der Waals surface area contributed by atoms with Gasteiger partial charge >= 0.3 is 5.97 Å². The standard InChI is InChI=1S/C30H28N2O4/c1-5-32-26-13-10-21(18(2)31-36-19(3)33)16-24(26)25-17-22(11-14-27(25)32)30(34)29-23-9-7-6-8-20(23)12-15-28(29)35-4/h6-11,13-17,20H,5,12H2,1-4H3/b31-18+. The molecular formula is C30H28N2O4. The number of Topliss-reactive ketones (excluding diaryl/α,β-unsaturated/α-hetero) is 1. The van der Waals surface area contributed by atoms with E-state index in [0.29, 0.717) is 22.6 Å². The van der Waals surface area contributed by atoms with E-state index < -0.39 is 5.97 Å². The summed E-state index contributed by atoms with van der Waals surface area (Å²) in [6.45, 7) is 6.02. The second-order valence-corrected chi connectivity index (χ2v) is 8.99. The lowest BCUT2D eigenvalue weighted by Crippen LogP contribution is -2.18. The first-order chi connectivity index (χ1) is 17.4. The van der Waals surface area contributed by atoms with Crippen LogP contribution in [0.4, 0.5) is 0 Å². The van der Waals surface area contributed by atoms with Crippen LogP contribution in [0.2, 0.25) is 0 Å². The molecule has 1 heterocycles. The van der Waals surface area contributed by atoms with E-state index in [4.69, 9.17) is 9.57 Å². The van der Waals surface area contributed by atoms with Crippen LogP contribution in [0.3, 0.4) is 0 Å². The first-order valence-electron chi connectivity index (χ1n) is 12.1. The molecule has 6 nitrogen and oxygen atoms in total. The van der Waals surface area contributed by atoms with Crippen molar-refractivity contribution in [1.82, 2.24) is 4.57 Å². The zero-order valence-corrected chi connectivity index (χ0v) is 20.9. The number of fused-ring (bicyclic) bond motifs is 4. The predicted octanol–water partition coefficient (Wildman–Crippen LogP) is 6.26. The quantitative estimate of drug-likeness (QED) is 0.181. The average Bonchev–Trinajstić information content (AvgIpc) is 3.22. The summed E-state index contributed by atoms with van der Waals surface area (Å²) >= 11 is 0. The van der Waals surface area contributed by atoms with Crippen molar-refractivity contribution in [3.8, 4) is 0 Å². The summed E-state index contributed by atoms with van der Waals surface area (Å²) < 4.78 is 7.86. The Balaban J connectivity index is 1.66. The Morgan fingerprint density at radius 2 is 1.72 bits per heavy atom. The second-order valence-electron chi connectivity index (χ2n) is 8.99. The number of hydrogen-bond donors (Lipinski definition) is 0. The molecule has 0 fully saturated rings. The molecule has 3 aromatic rings. The molecule has 0 spiro atoms. The third kappa shape index (κ3) is 3.98. The molecule has 2 aromatic carbocycles. The summed E-state index contributed by atoms with van der Waals surface area (Å²) in [5.41, 5.74) is 5.80. The number of carbonyl (C=O) groups excluding carboxylic acids is 2. The molecule has 0 saturated heterocycles. The molecule has 0 N–H and O–H groups in total. The maximum absolute atomic E-state index is 13.9. The topological polar surface area (TPSA) is 69.9 Å². The molecule has 6 heteroatoms. The Bertz CT molecular complexity index is 1560. The molecule has 5 rings (SSSR count). The maximum atomic E-state index is 13.9. The Morgan fingerprint density at radius 1 is 1.03 bits per heavy atom. The van der Waals surface area contributed by atoms with Crippen molar-refractivity contribution in [2.75, 3.05) is 7.11 Å². The number of allylic oxidation sites excluding steroid dienone is 7. The van der Waals surface area contributed by atoms with E-state index >= 15 is 0 Å². The van der Waals surface area contributed by atoms with Crippen molar-refractivity contribution in [1.29, 1.82) is 0 Å². The minimum atomic E-state index is -0.464. The number of nitrogens with zero attached hydrogens (tertiary/aromatic N) is 2. The molecule has 36 heavy (non-hydrogen) atoms. The lowest BCUT2D eigenvalue weighted by molar-refractivity contribution is -0.140. The molecule has 0 aliphatic heterocycles. The second kappa shape index (κ2) is 9.46. The third-order valence-electron chi connectivity index (χ3n) is 6.84. The molecular weight excluding hydrogens is 452 g/mol. The smallest absolute Gasteiger partial charge is 0.331 e. The van der Waals surface area contributed by atoms with Gasteiger partial charge in [0.15, 0.2) is 5.78 Å². The summed E-state index contributed by atoms with van der Waals surface area (Å²) in [5, 5.41) is 5.94. The van der Waals surface area contributed by atoms with Gasteiger partial charge in [-0.05, 0) is 67.8 Å². The number of ether oxygens (including phenoxy) is 1. The van der Waals surface area contributed by atoms with Gasteiger partial charge in [-0.25, -0.2) is 4.79 Å². The number of methoxy groups -OCH3 is 1. The van der Waals surface area contributed by atoms with E-state index in [9.17, 15) is 9.59 Å². The van der Waals surface area contributed by atoms with Crippen LogP contribution in [0, 0.1) is 5.92 Å². The van der Waals surface area contributed by atoms with E-state index in [1.807, 2.05) is 60.7 Å². The number of benzene rings is 2. The molecule has 1 aromatic heterocycles. The zero-order valence-electron chi connectivity index (χ0n) is 20.9. The van der Waals surface area contributed by atoms with Crippen LogP contribution in [-0.2, 0) is 20.9 Å². The van der Waals surface area contributed by atoms with Crippen LogP contribution in [0.1, 0.15) is 43.1 Å². The summed E-state index contributed by atoms with van der Waals surface area (Å²) in [6, 6.07) is 11.9. The molecule has 0 bridgehead atoms. The van der Waals surface area contributed by atoms with E-state index in [-0.39, 0.29) is 11.7 Å². The number of hydrogen-bond acceptors (Lipinski definition) is 5. The van der Waals surface area contributed by atoms with Crippen LogP contribution >= 0.6 is 0 Å². The van der Waals surface area contributed by atoms with E-state index in [1.54, 1.807) is 14.0 Å². The molecule has 182 valence electrons. The van der Waals surface area contributed by atoms with E-state index in [0.717, 1.165) is 45.9 Å². The van der Waals surface area contributed by atoms with E-state index in [1.165, 1.54) is 6.92 Å². The monoisotopic (exact) mass is 480 g/mol. The number of aryl methyl sites for hydroxylation is 1. The number of ketones is 1. The largest absolute Gasteiger partial charge is 0.496 e. The Labute approximate surface area is 209 Å². The number of rotatable bonds is 6. The molecule has 1 unspecified atom stereocenters. The normalized spacial score (nSPS) is 17.4. The first kappa shape index (κ1) is 23.5. The highest BCUT2D eigenvalue weighted by Gasteiger charge is 2.29. The van der Waals surface area contributed by atoms with Crippen LogP contribution < -0.4 is 0 Å². The van der Waals surface area contributed by atoms with Crippen molar-refractivity contribution < 1.29 is 19.2 Å². The number of aromatic nitrogens is 1. The Kier molecular flexibility index (Phi) is 6.18. The highest BCUT2D eigenvalue weighted by atomic mass is 16.7. The van der Waals surface area contributed by atoms with Crippen molar-refractivity contribution in [3.05, 3.63) is 94.8 Å². The van der Waals surface area contributed by atoms with Crippen LogP contribution in [0.5, 0.6) is 0 Å². The molecule has 2 aliphatic rings. The first-order valence-corrected chi connectivity index (χ1v) is 12.1. The summed E-state index contributed by atoms with van der Waals surface area (Å²) in [4.78, 5) is 29.9. The Morgan fingerprint density at radius 3 is 2.39 bits per heavy atom. The van der Waals surface area contributed by atoms with Crippen molar-refractivity contribution >= 4 is 39.3 Å². The molecule has 1 atom stereocenters. The number of oxime groups is 1. The SMILES string of the molecule is CCn1c2ccc(C(=O)C3=C4C=CC=CC4CC=C3OC)cc2c2cc(/C(C)=N/OC(C)=O)ccc21.